The first-order valence-electron chi connectivity index (χ1n) is 8.74. The Bertz CT molecular complexity index is 943. The molecule has 0 unspecified atom stereocenters. The molecule has 0 amide bonds. The average Bonchev–Trinajstić information content (AvgIpc) is 3.19. The molecular weight excluding hydrogens is 382 g/mol. The van der Waals surface area contributed by atoms with Crippen molar-refractivity contribution in [3.63, 3.8) is 0 Å². The van der Waals surface area contributed by atoms with Gasteiger partial charge in [-0.25, -0.2) is 0 Å². The highest BCUT2D eigenvalue weighted by Gasteiger charge is 2.09. The van der Waals surface area contributed by atoms with Gasteiger partial charge in [-0.2, -0.15) is 4.98 Å². The summed E-state index contributed by atoms with van der Waals surface area (Å²) in [5.41, 5.74) is 1.58. The van der Waals surface area contributed by atoms with E-state index >= 15 is 0 Å². The summed E-state index contributed by atoms with van der Waals surface area (Å²) in [5, 5.41) is 8.45. The minimum absolute atomic E-state index is 0.0545. The van der Waals surface area contributed by atoms with E-state index in [1.807, 2.05) is 37.3 Å². The Kier molecular flexibility index (Phi) is 6.86. The molecule has 0 saturated carbocycles. The Hall–Kier alpha value is -3.06. The van der Waals surface area contributed by atoms with Crippen LogP contribution < -0.4 is 9.47 Å². The van der Waals surface area contributed by atoms with Crippen LogP contribution in [0.5, 0.6) is 11.5 Å². The highest BCUT2D eigenvalue weighted by Crippen LogP contribution is 2.27. The van der Waals surface area contributed by atoms with E-state index in [-0.39, 0.29) is 6.61 Å². The molecule has 0 fully saturated rings. The number of rotatable bonds is 9. The summed E-state index contributed by atoms with van der Waals surface area (Å²) < 4.78 is 16.1. The fraction of sp³-hybridized carbons (Fsp3) is 0.250. The molecule has 2 aromatic carbocycles. The van der Waals surface area contributed by atoms with Gasteiger partial charge in [0.25, 0.3) is 5.89 Å². The van der Waals surface area contributed by atoms with Crippen molar-refractivity contribution in [2.24, 2.45) is 5.16 Å². The zero-order chi connectivity index (χ0) is 19.8. The lowest BCUT2D eigenvalue weighted by molar-refractivity contribution is 0.107. The molecule has 1 aromatic heterocycles. The van der Waals surface area contributed by atoms with Gasteiger partial charge in [-0.1, -0.05) is 41.0 Å². The van der Waals surface area contributed by atoms with Gasteiger partial charge in [0, 0.05) is 16.1 Å². The number of hydrogen-bond donors (Lipinski definition) is 0. The third-order valence-electron chi connectivity index (χ3n) is 3.66. The molecule has 3 aromatic rings. The Labute approximate surface area is 167 Å². The van der Waals surface area contributed by atoms with Crippen molar-refractivity contribution in [1.82, 2.24) is 10.1 Å². The molecule has 146 valence electrons. The Morgan fingerprint density at radius 3 is 2.86 bits per heavy atom. The summed E-state index contributed by atoms with van der Waals surface area (Å²) in [6, 6.07) is 12.7. The molecule has 0 N–H and O–H groups in total. The highest BCUT2D eigenvalue weighted by molar-refractivity contribution is 6.30. The molecule has 0 saturated heterocycles. The number of methoxy groups -OCH3 is 1. The van der Waals surface area contributed by atoms with Gasteiger partial charge in [0.05, 0.1) is 19.9 Å². The minimum Gasteiger partial charge on any atom is -0.493 e. The number of oxime groups is 1. The molecule has 8 heteroatoms. The SMILES string of the molecule is CCCOc1ccc(/C=N\OCc2nc(-c3cccc(Cl)c3)no2)cc1OC. The average molecular weight is 402 g/mol. The molecular formula is C20H20ClN3O4. The zero-order valence-electron chi connectivity index (χ0n) is 15.6. The van der Waals surface area contributed by atoms with Crippen LogP contribution in [0.25, 0.3) is 11.4 Å². The van der Waals surface area contributed by atoms with E-state index in [4.69, 9.17) is 30.4 Å². The van der Waals surface area contributed by atoms with Crippen molar-refractivity contribution < 1.29 is 18.8 Å². The first-order valence-corrected chi connectivity index (χ1v) is 9.12. The second kappa shape index (κ2) is 9.75. The molecule has 0 bridgehead atoms. The molecule has 0 radical (unpaired) electrons. The van der Waals surface area contributed by atoms with E-state index in [9.17, 15) is 0 Å². The second-order valence-corrected chi connectivity index (χ2v) is 6.23. The van der Waals surface area contributed by atoms with E-state index < -0.39 is 0 Å². The van der Waals surface area contributed by atoms with Gasteiger partial charge in [0.15, 0.2) is 18.1 Å². The topological polar surface area (TPSA) is 79.0 Å². The van der Waals surface area contributed by atoms with Crippen LogP contribution in [-0.2, 0) is 11.4 Å². The second-order valence-electron chi connectivity index (χ2n) is 5.79. The summed E-state index contributed by atoms with van der Waals surface area (Å²) >= 11 is 5.97. The largest absolute Gasteiger partial charge is 0.493 e. The van der Waals surface area contributed by atoms with Gasteiger partial charge in [0.1, 0.15) is 0 Å². The molecule has 1 heterocycles. The molecule has 0 aliphatic rings. The van der Waals surface area contributed by atoms with E-state index in [2.05, 4.69) is 15.3 Å². The molecule has 28 heavy (non-hydrogen) atoms. The van der Waals surface area contributed by atoms with Gasteiger partial charge in [-0.15, -0.1) is 0 Å². The van der Waals surface area contributed by atoms with Crippen LogP contribution in [0.3, 0.4) is 0 Å². The number of benzene rings is 2. The maximum Gasteiger partial charge on any atom is 0.267 e. The van der Waals surface area contributed by atoms with Crippen molar-refractivity contribution in [3.05, 3.63) is 58.9 Å². The lowest BCUT2D eigenvalue weighted by atomic mass is 10.2. The third-order valence-corrected chi connectivity index (χ3v) is 3.90. The fourth-order valence-electron chi connectivity index (χ4n) is 2.34. The van der Waals surface area contributed by atoms with Gasteiger partial charge in [-0.05, 0) is 36.8 Å². The molecule has 0 atom stereocenters. The number of ether oxygens (including phenoxy) is 2. The minimum atomic E-state index is 0.0545. The Morgan fingerprint density at radius 1 is 1.18 bits per heavy atom. The monoisotopic (exact) mass is 401 g/mol. The summed E-state index contributed by atoms with van der Waals surface area (Å²) in [4.78, 5) is 9.50. The summed E-state index contributed by atoms with van der Waals surface area (Å²) in [6.07, 6.45) is 2.50. The maximum absolute atomic E-state index is 5.97. The van der Waals surface area contributed by atoms with Crippen molar-refractivity contribution in [2.75, 3.05) is 13.7 Å². The summed E-state index contributed by atoms with van der Waals surface area (Å²) in [7, 11) is 1.60. The van der Waals surface area contributed by atoms with Crippen molar-refractivity contribution in [2.45, 2.75) is 20.0 Å². The third kappa shape index (κ3) is 5.23. The zero-order valence-corrected chi connectivity index (χ0v) is 16.3. The number of hydrogen-bond acceptors (Lipinski definition) is 7. The highest BCUT2D eigenvalue weighted by atomic mass is 35.5. The van der Waals surface area contributed by atoms with Crippen LogP contribution >= 0.6 is 11.6 Å². The van der Waals surface area contributed by atoms with Crippen LogP contribution in [0.1, 0.15) is 24.8 Å². The standard InChI is InChI=1S/C20H20ClN3O4/c1-3-9-26-17-8-7-14(10-18(17)25-2)12-22-27-13-19-23-20(24-28-19)15-5-4-6-16(21)11-15/h4-8,10-12H,3,9,13H2,1-2H3/b22-12-. The molecule has 0 aliphatic heterocycles. The Balaban J connectivity index is 1.57. The number of nitrogens with zero attached hydrogens (tertiary/aromatic N) is 3. The van der Waals surface area contributed by atoms with Crippen molar-refractivity contribution in [1.29, 1.82) is 0 Å². The van der Waals surface area contributed by atoms with Crippen LogP contribution in [0.4, 0.5) is 0 Å². The lowest BCUT2D eigenvalue weighted by Gasteiger charge is -2.10. The number of halogens is 1. The van der Waals surface area contributed by atoms with Gasteiger partial charge >= 0.3 is 0 Å². The van der Waals surface area contributed by atoms with Crippen LogP contribution in [0, 0.1) is 0 Å². The van der Waals surface area contributed by atoms with Crippen LogP contribution in [-0.4, -0.2) is 30.1 Å². The van der Waals surface area contributed by atoms with Crippen molar-refractivity contribution >= 4 is 17.8 Å². The first kappa shape index (κ1) is 19.7. The van der Waals surface area contributed by atoms with Gasteiger partial charge in [-0.3, -0.25) is 0 Å². The van der Waals surface area contributed by atoms with Gasteiger partial charge in [0.2, 0.25) is 5.82 Å². The van der Waals surface area contributed by atoms with E-state index in [1.165, 1.54) is 0 Å². The lowest BCUT2D eigenvalue weighted by Crippen LogP contribution is -1.98. The summed E-state index contributed by atoms with van der Waals surface area (Å²) in [6.45, 7) is 2.74. The smallest absolute Gasteiger partial charge is 0.267 e. The molecule has 3 rings (SSSR count). The molecule has 0 spiro atoms. The van der Waals surface area contributed by atoms with Crippen LogP contribution in [0.2, 0.25) is 5.02 Å². The quantitative estimate of drug-likeness (QED) is 0.380. The maximum atomic E-state index is 5.97. The molecule has 7 nitrogen and oxygen atoms in total. The molecule has 0 aliphatic carbocycles. The normalized spacial score (nSPS) is 11.0. The van der Waals surface area contributed by atoms with E-state index in [0.29, 0.717) is 34.8 Å². The van der Waals surface area contributed by atoms with E-state index in [0.717, 1.165) is 17.5 Å². The summed E-state index contributed by atoms with van der Waals surface area (Å²) in [5.74, 6) is 2.09. The van der Waals surface area contributed by atoms with E-state index in [1.54, 1.807) is 25.5 Å². The Morgan fingerprint density at radius 2 is 2.07 bits per heavy atom. The first-order chi connectivity index (χ1) is 13.7. The fourth-order valence-corrected chi connectivity index (χ4v) is 2.53. The predicted molar refractivity (Wildman–Crippen MR) is 106 cm³/mol. The predicted octanol–water partition coefficient (Wildman–Crippen LogP) is 4.74. The number of aromatic nitrogens is 2. The van der Waals surface area contributed by atoms with Crippen LogP contribution in [0.15, 0.2) is 52.1 Å². The van der Waals surface area contributed by atoms with Crippen molar-refractivity contribution in [3.8, 4) is 22.9 Å². The van der Waals surface area contributed by atoms with Gasteiger partial charge < -0.3 is 18.8 Å².